The summed E-state index contributed by atoms with van der Waals surface area (Å²) in [6.07, 6.45) is 3.13. The zero-order valence-corrected chi connectivity index (χ0v) is 10.1. The molecule has 2 aromatic carbocycles. The normalized spacial score (nSPS) is 9.95. The minimum atomic E-state index is -0.319. The van der Waals surface area contributed by atoms with Crippen LogP contribution in [0.2, 0.25) is 0 Å². The zero-order valence-electron chi connectivity index (χ0n) is 10.1. The van der Waals surface area contributed by atoms with Gasteiger partial charge in [0, 0.05) is 5.56 Å². The number of carbonyl (C=O) groups excluding carboxylic acids is 1. The standard InChI is InChI=1S/C17H11FO/c18-16-10-6-15(7-11-16)9-13-17(19)12-8-14-4-2-1-3-5-14/h1-8,10-12H. The van der Waals surface area contributed by atoms with Crippen LogP contribution >= 0.6 is 0 Å². The Morgan fingerprint density at radius 2 is 1.68 bits per heavy atom. The van der Waals surface area contributed by atoms with Crippen LogP contribution in [-0.2, 0) is 4.79 Å². The molecular weight excluding hydrogens is 239 g/mol. The van der Waals surface area contributed by atoms with E-state index in [-0.39, 0.29) is 11.6 Å². The molecule has 0 aliphatic heterocycles. The maximum absolute atomic E-state index is 12.7. The fraction of sp³-hybridized carbons (Fsp3) is 0. The zero-order chi connectivity index (χ0) is 13.5. The summed E-state index contributed by atoms with van der Waals surface area (Å²) < 4.78 is 12.7. The van der Waals surface area contributed by atoms with E-state index in [9.17, 15) is 9.18 Å². The van der Waals surface area contributed by atoms with Gasteiger partial charge < -0.3 is 0 Å². The Hall–Kier alpha value is -2.66. The highest BCUT2D eigenvalue weighted by molar-refractivity contribution is 6.06. The summed E-state index contributed by atoms with van der Waals surface area (Å²) in [5, 5.41) is 0. The van der Waals surface area contributed by atoms with Gasteiger partial charge in [-0.15, -0.1) is 0 Å². The van der Waals surface area contributed by atoms with Crippen molar-refractivity contribution in [2.24, 2.45) is 0 Å². The van der Waals surface area contributed by atoms with E-state index in [1.54, 1.807) is 6.08 Å². The lowest BCUT2D eigenvalue weighted by Crippen LogP contribution is -1.86. The van der Waals surface area contributed by atoms with Crippen LogP contribution in [0, 0.1) is 17.7 Å². The number of halogens is 1. The molecule has 0 saturated carbocycles. The van der Waals surface area contributed by atoms with Gasteiger partial charge in [0.05, 0.1) is 0 Å². The maximum Gasteiger partial charge on any atom is 0.229 e. The molecule has 19 heavy (non-hydrogen) atoms. The Kier molecular flexibility index (Phi) is 4.25. The molecule has 2 heteroatoms. The van der Waals surface area contributed by atoms with E-state index in [4.69, 9.17) is 0 Å². The van der Waals surface area contributed by atoms with Gasteiger partial charge in [0.25, 0.3) is 0 Å². The molecule has 0 aliphatic carbocycles. The smallest absolute Gasteiger partial charge is 0.229 e. The Morgan fingerprint density at radius 3 is 2.37 bits per heavy atom. The van der Waals surface area contributed by atoms with Crippen molar-refractivity contribution in [3.63, 3.8) is 0 Å². The number of allylic oxidation sites excluding steroid dienone is 1. The Labute approximate surface area is 111 Å². The minimum absolute atomic E-state index is 0.284. The van der Waals surface area contributed by atoms with Crippen molar-refractivity contribution in [1.29, 1.82) is 0 Å². The van der Waals surface area contributed by atoms with Crippen molar-refractivity contribution in [2.75, 3.05) is 0 Å². The molecule has 0 radical (unpaired) electrons. The summed E-state index contributed by atoms with van der Waals surface area (Å²) in [4.78, 5) is 11.5. The van der Waals surface area contributed by atoms with Crippen molar-refractivity contribution in [1.82, 2.24) is 0 Å². The van der Waals surface area contributed by atoms with Crippen molar-refractivity contribution in [3.05, 3.63) is 77.6 Å². The first-order chi connectivity index (χ1) is 9.24. The van der Waals surface area contributed by atoms with Crippen LogP contribution < -0.4 is 0 Å². The Balaban J connectivity index is 2.02. The molecule has 92 valence electrons. The highest BCUT2D eigenvalue weighted by Gasteiger charge is 1.91. The van der Waals surface area contributed by atoms with Gasteiger partial charge >= 0.3 is 0 Å². The summed E-state index contributed by atoms with van der Waals surface area (Å²) in [6, 6.07) is 15.2. The van der Waals surface area contributed by atoms with E-state index in [2.05, 4.69) is 11.8 Å². The molecule has 2 aromatic rings. The topological polar surface area (TPSA) is 17.1 Å². The third kappa shape index (κ3) is 4.25. The van der Waals surface area contributed by atoms with Gasteiger partial charge in [0.15, 0.2) is 0 Å². The average molecular weight is 250 g/mol. The molecule has 0 spiro atoms. The molecule has 0 aromatic heterocycles. The van der Waals surface area contributed by atoms with Crippen molar-refractivity contribution in [2.45, 2.75) is 0 Å². The Bertz CT molecular complexity index is 643. The molecule has 0 unspecified atom stereocenters. The lowest BCUT2D eigenvalue weighted by atomic mass is 10.2. The third-order valence-electron chi connectivity index (χ3n) is 2.40. The third-order valence-corrected chi connectivity index (χ3v) is 2.40. The number of carbonyl (C=O) groups is 1. The molecule has 0 N–H and O–H groups in total. The lowest BCUT2D eigenvalue weighted by Gasteiger charge is -1.89. The van der Waals surface area contributed by atoms with Gasteiger partial charge in [-0.1, -0.05) is 42.3 Å². The van der Waals surface area contributed by atoms with Crippen LogP contribution in [-0.4, -0.2) is 5.78 Å². The van der Waals surface area contributed by atoms with Crippen molar-refractivity contribution >= 4 is 11.9 Å². The fourth-order valence-electron chi connectivity index (χ4n) is 1.44. The predicted molar refractivity (Wildman–Crippen MR) is 73.8 cm³/mol. The molecule has 1 nitrogen and oxygen atoms in total. The summed E-state index contributed by atoms with van der Waals surface area (Å²) in [5.74, 6) is 4.58. The van der Waals surface area contributed by atoms with Crippen molar-refractivity contribution in [3.8, 4) is 11.8 Å². The molecule has 0 atom stereocenters. The second-order valence-corrected chi connectivity index (χ2v) is 3.87. The summed E-state index contributed by atoms with van der Waals surface area (Å²) >= 11 is 0. The summed E-state index contributed by atoms with van der Waals surface area (Å²) in [7, 11) is 0. The number of rotatable bonds is 2. The first kappa shape index (κ1) is 12.8. The van der Waals surface area contributed by atoms with E-state index in [1.807, 2.05) is 30.3 Å². The number of hydrogen-bond acceptors (Lipinski definition) is 1. The van der Waals surface area contributed by atoms with Crippen LogP contribution in [0.15, 0.2) is 60.7 Å². The van der Waals surface area contributed by atoms with E-state index in [0.29, 0.717) is 5.56 Å². The van der Waals surface area contributed by atoms with Gasteiger partial charge in [0.1, 0.15) is 5.82 Å². The van der Waals surface area contributed by atoms with Crippen LogP contribution in [0.1, 0.15) is 11.1 Å². The van der Waals surface area contributed by atoms with Gasteiger partial charge in [-0.05, 0) is 41.8 Å². The number of benzene rings is 2. The first-order valence-electron chi connectivity index (χ1n) is 5.79. The van der Waals surface area contributed by atoms with E-state index in [1.165, 1.54) is 30.3 Å². The van der Waals surface area contributed by atoms with Gasteiger partial charge in [-0.25, -0.2) is 4.39 Å². The van der Waals surface area contributed by atoms with Crippen LogP contribution in [0.5, 0.6) is 0 Å². The minimum Gasteiger partial charge on any atom is -0.280 e. The summed E-state index contributed by atoms with van der Waals surface area (Å²) in [6.45, 7) is 0. The molecule has 0 aliphatic rings. The van der Waals surface area contributed by atoms with E-state index >= 15 is 0 Å². The van der Waals surface area contributed by atoms with Crippen molar-refractivity contribution < 1.29 is 9.18 Å². The largest absolute Gasteiger partial charge is 0.280 e. The molecule has 0 heterocycles. The number of hydrogen-bond donors (Lipinski definition) is 0. The molecule has 2 rings (SSSR count). The highest BCUT2D eigenvalue weighted by Crippen LogP contribution is 2.02. The number of ketones is 1. The summed E-state index contributed by atoms with van der Waals surface area (Å²) in [5.41, 5.74) is 1.56. The fourth-order valence-corrected chi connectivity index (χ4v) is 1.44. The Morgan fingerprint density at radius 1 is 1.00 bits per heavy atom. The second kappa shape index (κ2) is 6.32. The lowest BCUT2D eigenvalue weighted by molar-refractivity contribution is -0.109. The average Bonchev–Trinajstić information content (AvgIpc) is 2.45. The van der Waals surface area contributed by atoms with Crippen LogP contribution in [0.3, 0.4) is 0 Å². The van der Waals surface area contributed by atoms with Crippen LogP contribution in [0.4, 0.5) is 4.39 Å². The monoisotopic (exact) mass is 250 g/mol. The quantitative estimate of drug-likeness (QED) is 0.589. The predicted octanol–water partition coefficient (Wildman–Crippen LogP) is 3.46. The second-order valence-electron chi connectivity index (χ2n) is 3.87. The molecule has 0 bridgehead atoms. The first-order valence-corrected chi connectivity index (χ1v) is 5.79. The molecular formula is C17H11FO. The molecule has 0 saturated heterocycles. The maximum atomic E-state index is 12.7. The van der Waals surface area contributed by atoms with Gasteiger partial charge in [0.2, 0.25) is 5.78 Å². The molecule has 0 amide bonds. The SMILES string of the molecule is O=C(C#Cc1ccc(F)cc1)C=Cc1ccccc1. The van der Waals surface area contributed by atoms with Gasteiger partial charge in [-0.2, -0.15) is 0 Å². The highest BCUT2D eigenvalue weighted by atomic mass is 19.1. The van der Waals surface area contributed by atoms with E-state index in [0.717, 1.165) is 5.56 Å². The van der Waals surface area contributed by atoms with E-state index < -0.39 is 0 Å². The molecule has 0 fully saturated rings. The van der Waals surface area contributed by atoms with Crippen LogP contribution in [0.25, 0.3) is 6.08 Å². The van der Waals surface area contributed by atoms with Gasteiger partial charge in [-0.3, -0.25) is 4.79 Å².